The van der Waals surface area contributed by atoms with Crippen LogP contribution in [0.4, 0.5) is 17.1 Å². The Bertz CT molecular complexity index is 869. The molecule has 0 radical (unpaired) electrons. The number of nitrogens with zero attached hydrogens (tertiary/aromatic N) is 3. The van der Waals surface area contributed by atoms with Gasteiger partial charge >= 0.3 is 0 Å². The van der Waals surface area contributed by atoms with Gasteiger partial charge in [0.1, 0.15) is 0 Å². The molecular weight excluding hydrogens is 328 g/mol. The third kappa shape index (κ3) is 2.85. The van der Waals surface area contributed by atoms with E-state index in [1.54, 1.807) is 11.3 Å². The number of benzene rings is 2. The molecule has 0 fully saturated rings. The molecule has 5 heteroatoms. The van der Waals surface area contributed by atoms with E-state index in [0.717, 1.165) is 24.2 Å². The van der Waals surface area contributed by atoms with Crippen LogP contribution in [0, 0.1) is 0 Å². The first-order valence-corrected chi connectivity index (χ1v) is 9.34. The maximum Gasteiger partial charge on any atom is 0.0926 e. The quantitative estimate of drug-likeness (QED) is 0.727. The minimum atomic E-state index is 0.127. The van der Waals surface area contributed by atoms with E-state index in [1.165, 1.54) is 21.9 Å². The predicted octanol–water partition coefficient (Wildman–Crippen LogP) is 3.94. The molecule has 1 aliphatic heterocycles. The number of nitrogens with two attached hydrogens (primary N) is 1. The molecule has 128 valence electrons. The van der Waals surface area contributed by atoms with Crippen molar-refractivity contribution in [2.24, 2.45) is 0 Å². The second-order valence-electron chi connectivity index (χ2n) is 6.55. The third-order valence-electron chi connectivity index (χ3n) is 4.81. The lowest BCUT2D eigenvalue weighted by Crippen LogP contribution is -2.36. The average molecular weight is 350 g/mol. The van der Waals surface area contributed by atoms with E-state index in [1.807, 2.05) is 17.6 Å². The van der Waals surface area contributed by atoms with E-state index in [-0.39, 0.29) is 6.04 Å². The van der Waals surface area contributed by atoms with E-state index in [0.29, 0.717) is 0 Å². The monoisotopic (exact) mass is 350 g/mol. The van der Waals surface area contributed by atoms with E-state index >= 15 is 0 Å². The van der Waals surface area contributed by atoms with Crippen LogP contribution in [0.3, 0.4) is 0 Å². The van der Waals surface area contributed by atoms with Crippen LogP contribution in [0.5, 0.6) is 0 Å². The average Bonchev–Trinajstić information content (AvgIpc) is 3.10. The summed E-state index contributed by atoms with van der Waals surface area (Å²) in [7, 11) is 4.12. The maximum atomic E-state index is 6.33. The number of hydrogen-bond acceptors (Lipinski definition) is 5. The van der Waals surface area contributed by atoms with Gasteiger partial charge in [0.25, 0.3) is 0 Å². The van der Waals surface area contributed by atoms with Gasteiger partial charge in [-0.15, -0.1) is 11.3 Å². The molecule has 0 saturated heterocycles. The number of anilines is 3. The summed E-state index contributed by atoms with van der Waals surface area (Å²) in [6.07, 6.45) is 0.970. The lowest BCUT2D eigenvalue weighted by Gasteiger charge is -2.38. The van der Waals surface area contributed by atoms with Crippen molar-refractivity contribution in [3.8, 4) is 0 Å². The molecule has 0 amide bonds. The summed E-state index contributed by atoms with van der Waals surface area (Å²) in [5, 5.41) is 0. The molecule has 4 nitrogen and oxygen atoms in total. The van der Waals surface area contributed by atoms with Gasteiger partial charge in [0.05, 0.1) is 22.1 Å². The zero-order chi connectivity index (χ0) is 17.4. The van der Waals surface area contributed by atoms with Gasteiger partial charge in [0, 0.05) is 49.7 Å². The van der Waals surface area contributed by atoms with Crippen LogP contribution in [0.1, 0.15) is 22.2 Å². The van der Waals surface area contributed by atoms with Crippen LogP contribution in [-0.2, 0) is 6.42 Å². The number of fused-ring (bicyclic) bond motifs is 1. The van der Waals surface area contributed by atoms with Crippen molar-refractivity contribution in [2.75, 3.05) is 36.2 Å². The zero-order valence-electron chi connectivity index (χ0n) is 14.5. The molecule has 25 heavy (non-hydrogen) atoms. The first kappa shape index (κ1) is 16.0. The summed E-state index contributed by atoms with van der Waals surface area (Å²) in [6.45, 7) is 0.942. The second-order valence-corrected chi connectivity index (χ2v) is 7.44. The van der Waals surface area contributed by atoms with Crippen molar-refractivity contribution in [1.82, 2.24) is 4.98 Å². The van der Waals surface area contributed by atoms with Gasteiger partial charge in [-0.05, 0) is 30.3 Å². The summed E-state index contributed by atoms with van der Waals surface area (Å²) in [5.41, 5.74) is 13.9. The van der Waals surface area contributed by atoms with Crippen LogP contribution in [0.2, 0.25) is 0 Å². The van der Waals surface area contributed by atoms with Gasteiger partial charge in [0.2, 0.25) is 0 Å². The van der Waals surface area contributed by atoms with E-state index < -0.39 is 0 Å². The molecule has 2 heterocycles. The Labute approximate surface area is 152 Å². The molecule has 2 N–H and O–H groups in total. The molecule has 1 aliphatic rings. The van der Waals surface area contributed by atoms with Crippen LogP contribution >= 0.6 is 11.3 Å². The Morgan fingerprint density at radius 2 is 1.88 bits per heavy atom. The Morgan fingerprint density at radius 1 is 1.12 bits per heavy atom. The molecule has 0 aliphatic carbocycles. The van der Waals surface area contributed by atoms with Crippen LogP contribution in [-0.4, -0.2) is 25.6 Å². The predicted molar refractivity (Wildman–Crippen MR) is 107 cm³/mol. The number of thiazole rings is 1. The summed E-state index contributed by atoms with van der Waals surface area (Å²) in [5.74, 6) is 0. The Morgan fingerprint density at radius 3 is 2.60 bits per heavy atom. The number of aromatic nitrogens is 1. The SMILES string of the molecule is CN(C)c1ccc(N2CCc3ncsc3C2c2ccccc2N)cc1. The van der Waals surface area contributed by atoms with Gasteiger partial charge in [-0.3, -0.25) is 0 Å². The number of rotatable bonds is 3. The Balaban J connectivity index is 1.79. The van der Waals surface area contributed by atoms with Gasteiger partial charge in [0.15, 0.2) is 0 Å². The van der Waals surface area contributed by atoms with Crippen molar-refractivity contribution < 1.29 is 0 Å². The second kappa shape index (κ2) is 6.41. The molecule has 1 unspecified atom stereocenters. The van der Waals surface area contributed by atoms with E-state index in [4.69, 9.17) is 5.73 Å². The molecule has 3 aromatic rings. The number of nitrogen functional groups attached to an aromatic ring is 1. The lowest BCUT2D eigenvalue weighted by molar-refractivity contribution is 0.656. The van der Waals surface area contributed by atoms with Crippen LogP contribution < -0.4 is 15.5 Å². The minimum absolute atomic E-state index is 0.127. The molecule has 1 aromatic heterocycles. The van der Waals surface area contributed by atoms with Crippen molar-refractivity contribution in [1.29, 1.82) is 0 Å². The minimum Gasteiger partial charge on any atom is -0.398 e. The van der Waals surface area contributed by atoms with Gasteiger partial charge in [-0.25, -0.2) is 4.98 Å². The Hall–Kier alpha value is -2.53. The lowest BCUT2D eigenvalue weighted by atomic mass is 9.95. The van der Waals surface area contributed by atoms with Gasteiger partial charge in [-0.1, -0.05) is 18.2 Å². The fourth-order valence-corrected chi connectivity index (χ4v) is 4.44. The highest BCUT2D eigenvalue weighted by atomic mass is 32.1. The van der Waals surface area contributed by atoms with E-state index in [9.17, 15) is 0 Å². The number of hydrogen-bond donors (Lipinski definition) is 1. The van der Waals surface area contributed by atoms with Crippen LogP contribution in [0.25, 0.3) is 0 Å². The van der Waals surface area contributed by atoms with Crippen LogP contribution in [0.15, 0.2) is 54.0 Å². The first-order valence-electron chi connectivity index (χ1n) is 8.46. The fourth-order valence-electron chi connectivity index (χ4n) is 3.47. The standard InChI is InChI=1S/C20H22N4S/c1-23(2)14-7-9-15(10-8-14)24-12-11-18-20(25-13-22-18)19(24)16-5-3-4-6-17(16)21/h3-10,13,19H,11-12,21H2,1-2H3. The van der Waals surface area contributed by atoms with Crippen molar-refractivity contribution in [2.45, 2.75) is 12.5 Å². The highest BCUT2D eigenvalue weighted by molar-refractivity contribution is 7.09. The van der Waals surface area contributed by atoms with Gasteiger partial charge < -0.3 is 15.5 Å². The molecule has 1 atom stereocenters. The first-order chi connectivity index (χ1) is 12.1. The molecule has 2 aromatic carbocycles. The fraction of sp³-hybridized carbons (Fsp3) is 0.250. The summed E-state index contributed by atoms with van der Waals surface area (Å²) >= 11 is 1.73. The molecule has 0 bridgehead atoms. The Kier molecular flexibility index (Phi) is 4.09. The summed E-state index contributed by atoms with van der Waals surface area (Å²) < 4.78 is 0. The maximum absolute atomic E-state index is 6.33. The molecule has 0 spiro atoms. The molecular formula is C20H22N4S. The largest absolute Gasteiger partial charge is 0.398 e. The highest BCUT2D eigenvalue weighted by Gasteiger charge is 2.32. The summed E-state index contributed by atoms with van der Waals surface area (Å²) in [4.78, 5) is 10.4. The third-order valence-corrected chi connectivity index (χ3v) is 5.73. The van der Waals surface area contributed by atoms with Gasteiger partial charge in [-0.2, -0.15) is 0 Å². The smallest absolute Gasteiger partial charge is 0.0926 e. The summed E-state index contributed by atoms with van der Waals surface area (Å²) in [6, 6.07) is 17.0. The highest BCUT2D eigenvalue weighted by Crippen LogP contribution is 2.41. The van der Waals surface area contributed by atoms with Crippen molar-refractivity contribution >= 4 is 28.4 Å². The van der Waals surface area contributed by atoms with E-state index in [2.05, 4.69) is 65.3 Å². The number of para-hydroxylation sites is 1. The zero-order valence-corrected chi connectivity index (χ0v) is 15.3. The van der Waals surface area contributed by atoms with Crippen molar-refractivity contribution in [3.63, 3.8) is 0 Å². The molecule has 4 rings (SSSR count). The van der Waals surface area contributed by atoms with Crippen molar-refractivity contribution in [3.05, 3.63) is 70.2 Å². The normalized spacial score (nSPS) is 16.6. The molecule has 0 saturated carbocycles. The topological polar surface area (TPSA) is 45.4 Å².